The molecule has 0 aliphatic carbocycles. The number of benzene rings is 1. The van der Waals surface area contributed by atoms with Crippen molar-refractivity contribution in [3.63, 3.8) is 0 Å². The van der Waals surface area contributed by atoms with Gasteiger partial charge in [0.1, 0.15) is 5.69 Å². The number of carbonyl (C=O) groups is 1. The van der Waals surface area contributed by atoms with E-state index < -0.39 is 11.7 Å². The van der Waals surface area contributed by atoms with Crippen molar-refractivity contribution in [2.75, 3.05) is 13.1 Å². The molecule has 1 saturated heterocycles. The summed E-state index contributed by atoms with van der Waals surface area (Å²) in [5.74, 6) is -0.212. The summed E-state index contributed by atoms with van der Waals surface area (Å²) in [5.41, 5.74) is 5.76. The molecule has 1 aromatic carbocycles. The highest BCUT2D eigenvalue weighted by Gasteiger charge is 2.34. The molecule has 0 unspecified atom stereocenters. The number of hydrogen-bond donors (Lipinski definition) is 1. The lowest BCUT2D eigenvalue weighted by atomic mass is 10.0. The van der Waals surface area contributed by atoms with Gasteiger partial charge in [-0.05, 0) is 31.0 Å². The third kappa shape index (κ3) is 3.03. The van der Waals surface area contributed by atoms with Crippen LogP contribution in [0.4, 0.5) is 13.2 Å². The number of carbonyl (C=O) groups excluding carboxylic acids is 1. The van der Waals surface area contributed by atoms with Crippen LogP contribution in [-0.4, -0.2) is 34.9 Å². The molecule has 1 aromatic heterocycles. The highest BCUT2D eigenvalue weighted by atomic mass is 32.1. The first-order valence-corrected chi connectivity index (χ1v) is 8.29. The molecule has 0 radical (unpaired) electrons. The standard InChI is InChI=1S/C16H16F3N3OS/c1-9-21-13(15(23)22-7-6-12(22)8-20)14(24-9)10-2-4-11(5-3-10)16(17,18)19/h2-5,12H,6-8,20H2,1H3/t12-/m0/s1. The number of aryl methyl sites for hydroxylation is 1. The van der Waals surface area contributed by atoms with Gasteiger partial charge in [-0.25, -0.2) is 4.98 Å². The number of amides is 1. The van der Waals surface area contributed by atoms with Crippen molar-refractivity contribution >= 4 is 17.2 Å². The average molecular weight is 355 g/mol. The topological polar surface area (TPSA) is 59.2 Å². The number of nitrogens with zero attached hydrogens (tertiary/aromatic N) is 2. The Kier molecular flexibility index (Phi) is 4.35. The molecule has 1 aliphatic heterocycles. The Balaban J connectivity index is 1.93. The van der Waals surface area contributed by atoms with Crippen LogP contribution in [0.3, 0.4) is 0 Å². The van der Waals surface area contributed by atoms with E-state index in [-0.39, 0.29) is 17.6 Å². The lowest BCUT2D eigenvalue weighted by Crippen LogP contribution is -2.54. The molecule has 8 heteroatoms. The van der Waals surface area contributed by atoms with Gasteiger partial charge in [-0.2, -0.15) is 13.2 Å². The Bertz CT molecular complexity index is 753. The molecule has 1 fully saturated rings. The van der Waals surface area contributed by atoms with Crippen LogP contribution >= 0.6 is 11.3 Å². The Morgan fingerprint density at radius 1 is 1.38 bits per heavy atom. The second kappa shape index (κ2) is 6.18. The van der Waals surface area contributed by atoms with Crippen molar-refractivity contribution in [3.05, 3.63) is 40.5 Å². The van der Waals surface area contributed by atoms with Gasteiger partial charge < -0.3 is 10.6 Å². The summed E-state index contributed by atoms with van der Waals surface area (Å²) in [6.45, 7) is 2.79. The van der Waals surface area contributed by atoms with Gasteiger partial charge >= 0.3 is 6.18 Å². The summed E-state index contributed by atoms with van der Waals surface area (Å²) < 4.78 is 38.1. The molecule has 0 bridgehead atoms. The van der Waals surface area contributed by atoms with E-state index in [1.807, 2.05) is 0 Å². The molecular formula is C16H16F3N3OS. The van der Waals surface area contributed by atoms with Crippen molar-refractivity contribution in [3.8, 4) is 10.4 Å². The highest BCUT2D eigenvalue weighted by molar-refractivity contribution is 7.15. The smallest absolute Gasteiger partial charge is 0.333 e. The first kappa shape index (κ1) is 16.9. The molecule has 128 valence electrons. The van der Waals surface area contributed by atoms with Crippen LogP contribution in [0.25, 0.3) is 10.4 Å². The van der Waals surface area contributed by atoms with Gasteiger partial charge in [0.05, 0.1) is 15.4 Å². The number of hydrogen-bond acceptors (Lipinski definition) is 4. The van der Waals surface area contributed by atoms with Gasteiger partial charge in [0.2, 0.25) is 0 Å². The van der Waals surface area contributed by atoms with Gasteiger partial charge in [0.15, 0.2) is 0 Å². The van der Waals surface area contributed by atoms with Crippen molar-refractivity contribution in [1.29, 1.82) is 0 Å². The van der Waals surface area contributed by atoms with E-state index in [0.29, 0.717) is 28.5 Å². The third-order valence-corrected chi connectivity index (χ3v) is 5.11. The number of halogens is 3. The first-order chi connectivity index (χ1) is 11.3. The van der Waals surface area contributed by atoms with Crippen molar-refractivity contribution < 1.29 is 18.0 Å². The molecule has 1 amide bonds. The third-order valence-electron chi connectivity index (χ3n) is 4.09. The molecular weight excluding hydrogens is 339 g/mol. The number of rotatable bonds is 3. The van der Waals surface area contributed by atoms with Crippen molar-refractivity contribution in [2.24, 2.45) is 5.73 Å². The molecule has 2 heterocycles. The van der Waals surface area contributed by atoms with E-state index >= 15 is 0 Å². The van der Waals surface area contributed by atoms with Crippen LogP contribution in [0, 0.1) is 6.92 Å². The molecule has 3 rings (SSSR count). The summed E-state index contributed by atoms with van der Waals surface area (Å²) in [4.78, 5) is 19.2. The van der Waals surface area contributed by atoms with Gasteiger partial charge in [-0.1, -0.05) is 12.1 Å². The summed E-state index contributed by atoms with van der Waals surface area (Å²) in [5, 5.41) is 0.693. The highest BCUT2D eigenvalue weighted by Crippen LogP contribution is 2.35. The minimum Gasteiger partial charge on any atom is -0.333 e. The maximum absolute atomic E-state index is 12.7. The Hall–Kier alpha value is -1.93. The maximum atomic E-state index is 12.7. The summed E-state index contributed by atoms with van der Waals surface area (Å²) in [7, 11) is 0. The second-order valence-electron chi connectivity index (χ2n) is 5.66. The second-order valence-corrected chi connectivity index (χ2v) is 6.87. The van der Waals surface area contributed by atoms with E-state index in [1.165, 1.54) is 23.5 Å². The number of nitrogens with two attached hydrogens (primary N) is 1. The number of likely N-dealkylation sites (tertiary alicyclic amines) is 1. The minimum absolute atomic E-state index is 0.0139. The van der Waals surface area contributed by atoms with Crippen LogP contribution in [0.15, 0.2) is 24.3 Å². The Morgan fingerprint density at radius 2 is 2.04 bits per heavy atom. The van der Waals surface area contributed by atoms with Gasteiger partial charge in [-0.3, -0.25) is 4.79 Å². The normalized spacial score (nSPS) is 17.7. The van der Waals surface area contributed by atoms with Gasteiger partial charge in [0, 0.05) is 19.1 Å². The predicted octanol–water partition coefficient (Wildman–Crippen LogP) is 3.31. The lowest BCUT2D eigenvalue weighted by Gasteiger charge is -2.40. The van der Waals surface area contributed by atoms with E-state index in [1.54, 1.807) is 11.8 Å². The summed E-state index contributed by atoms with van der Waals surface area (Å²) in [6.07, 6.45) is -3.52. The van der Waals surface area contributed by atoms with Gasteiger partial charge in [0.25, 0.3) is 5.91 Å². The van der Waals surface area contributed by atoms with E-state index in [9.17, 15) is 18.0 Å². The zero-order valence-corrected chi connectivity index (χ0v) is 13.7. The number of alkyl halides is 3. The van der Waals surface area contributed by atoms with Crippen LogP contribution in [-0.2, 0) is 6.18 Å². The van der Waals surface area contributed by atoms with Crippen LogP contribution in [0.5, 0.6) is 0 Å². The summed E-state index contributed by atoms with van der Waals surface area (Å²) >= 11 is 1.30. The Labute approximate surface area is 141 Å². The molecule has 0 saturated carbocycles. The largest absolute Gasteiger partial charge is 0.416 e. The summed E-state index contributed by atoms with van der Waals surface area (Å²) in [6, 6.07) is 4.81. The first-order valence-electron chi connectivity index (χ1n) is 7.47. The fraction of sp³-hybridized carbons (Fsp3) is 0.375. The van der Waals surface area contributed by atoms with Crippen LogP contribution in [0.2, 0.25) is 0 Å². The zero-order valence-electron chi connectivity index (χ0n) is 12.9. The molecule has 1 aliphatic rings. The fourth-order valence-electron chi connectivity index (χ4n) is 2.67. The van der Waals surface area contributed by atoms with Crippen LogP contribution < -0.4 is 5.73 Å². The molecule has 2 N–H and O–H groups in total. The van der Waals surface area contributed by atoms with E-state index in [2.05, 4.69) is 4.98 Å². The van der Waals surface area contributed by atoms with E-state index in [0.717, 1.165) is 18.6 Å². The Morgan fingerprint density at radius 3 is 2.54 bits per heavy atom. The van der Waals surface area contributed by atoms with E-state index in [4.69, 9.17) is 5.73 Å². The minimum atomic E-state index is -4.38. The SMILES string of the molecule is Cc1nc(C(=O)N2CC[C@H]2CN)c(-c2ccc(C(F)(F)F)cc2)s1. The molecule has 1 atom stereocenters. The lowest BCUT2D eigenvalue weighted by molar-refractivity contribution is -0.137. The maximum Gasteiger partial charge on any atom is 0.416 e. The molecule has 24 heavy (non-hydrogen) atoms. The van der Waals surface area contributed by atoms with Crippen LogP contribution in [0.1, 0.15) is 27.5 Å². The zero-order chi connectivity index (χ0) is 17.5. The number of aromatic nitrogens is 1. The number of thiazole rings is 1. The fourth-order valence-corrected chi connectivity index (χ4v) is 3.58. The molecule has 4 nitrogen and oxygen atoms in total. The average Bonchev–Trinajstić information content (AvgIpc) is 2.88. The van der Waals surface area contributed by atoms with Gasteiger partial charge in [-0.15, -0.1) is 11.3 Å². The predicted molar refractivity (Wildman–Crippen MR) is 85.8 cm³/mol. The molecule has 0 spiro atoms. The quantitative estimate of drug-likeness (QED) is 0.919. The molecule has 2 aromatic rings. The van der Waals surface area contributed by atoms with Crippen molar-refractivity contribution in [2.45, 2.75) is 25.6 Å². The van der Waals surface area contributed by atoms with Crippen molar-refractivity contribution in [1.82, 2.24) is 9.88 Å². The monoisotopic (exact) mass is 355 g/mol.